The van der Waals surface area contributed by atoms with Crippen molar-refractivity contribution in [3.63, 3.8) is 0 Å². The molecule has 37 heavy (non-hydrogen) atoms. The molecule has 3 aromatic rings. The second kappa shape index (κ2) is 10.9. The van der Waals surface area contributed by atoms with Crippen molar-refractivity contribution in [1.82, 2.24) is 4.90 Å². The zero-order valence-corrected chi connectivity index (χ0v) is 21.0. The normalized spacial score (nSPS) is 15.6. The van der Waals surface area contributed by atoms with Gasteiger partial charge in [-0.1, -0.05) is 24.3 Å². The zero-order valence-electron chi connectivity index (χ0n) is 21.0. The lowest BCUT2D eigenvalue weighted by molar-refractivity contribution is 0.0793. The minimum absolute atomic E-state index is 0.0357. The Bertz CT molecular complexity index is 1280. The molecule has 8 heteroatoms. The predicted octanol–water partition coefficient (Wildman–Crippen LogP) is 4.65. The fourth-order valence-corrected chi connectivity index (χ4v) is 5.07. The van der Waals surface area contributed by atoms with Crippen molar-refractivity contribution in [1.29, 1.82) is 0 Å². The van der Waals surface area contributed by atoms with Crippen molar-refractivity contribution >= 4 is 28.9 Å². The Hall–Kier alpha value is -4.07. The summed E-state index contributed by atoms with van der Waals surface area (Å²) in [5.41, 5.74) is 2.89. The molecule has 0 aliphatic carbocycles. The summed E-state index contributed by atoms with van der Waals surface area (Å²) in [4.78, 5) is 32.6. The lowest BCUT2D eigenvalue weighted by Gasteiger charge is -2.38. The molecule has 0 bridgehead atoms. The first kappa shape index (κ1) is 24.6. The van der Waals surface area contributed by atoms with Crippen LogP contribution in [0.2, 0.25) is 0 Å². The first-order valence-corrected chi connectivity index (χ1v) is 12.7. The van der Waals surface area contributed by atoms with E-state index in [4.69, 9.17) is 4.74 Å². The molecular formula is C29H31FN4O3. The van der Waals surface area contributed by atoms with Crippen molar-refractivity contribution in [2.24, 2.45) is 0 Å². The number of hydrogen-bond donors (Lipinski definition) is 1. The lowest BCUT2D eigenvalue weighted by atomic mass is 10.1. The Morgan fingerprint density at radius 3 is 2.14 bits per heavy atom. The average molecular weight is 503 g/mol. The van der Waals surface area contributed by atoms with E-state index >= 15 is 0 Å². The molecule has 2 aliphatic heterocycles. The molecule has 0 saturated carbocycles. The fourth-order valence-electron chi connectivity index (χ4n) is 5.07. The second-order valence-corrected chi connectivity index (χ2v) is 9.31. The van der Waals surface area contributed by atoms with Gasteiger partial charge in [-0.15, -0.1) is 0 Å². The third kappa shape index (κ3) is 5.23. The van der Waals surface area contributed by atoms with Crippen LogP contribution >= 0.6 is 0 Å². The highest BCUT2D eigenvalue weighted by Crippen LogP contribution is 2.32. The van der Waals surface area contributed by atoms with Gasteiger partial charge in [-0.25, -0.2) is 4.39 Å². The number of benzene rings is 3. The summed E-state index contributed by atoms with van der Waals surface area (Å²) < 4.78 is 19.7. The maximum Gasteiger partial charge on any atom is 0.258 e. The first-order valence-electron chi connectivity index (χ1n) is 12.7. The summed E-state index contributed by atoms with van der Waals surface area (Å²) in [7, 11) is 1.68. The summed E-state index contributed by atoms with van der Waals surface area (Å²) in [6.45, 7) is 4.49. The third-order valence-corrected chi connectivity index (χ3v) is 7.04. The van der Waals surface area contributed by atoms with Crippen LogP contribution < -0.4 is 19.9 Å². The zero-order chi connectivity index (χ0) is 25.8. The number of carbonyl (C=O) groups is 2. The van der Waals surface area contributed by atoms with E-state index in [1.54, 1.807) is 31.4 Å². The maximum atomic E-state index is 14.1. The highest BCUT2D eigenvalue weighted by atomic mass is 19.1. The average Bonchev–Trinajstić information content (AvgIpc) is 3.48. The third-order valence-electron chi connectivity index (χ3n) is 7.04. The van der Waals surface area contributed by atoms with Gasteiger partial charge in [-0.2, -0.15) is 0 Å². The molecular weight excluding hydrogens is 471 g/mol. The number of anilines is 3. The van der Waals surface area contributed by atoms with Gasteiger partial charge < -0.3 is 24.8 Å². The highest BCUT2D eigenvalue weighted by Gasteiger charge is 2.27. The van der Waals surface area contributed by atoms with Gasteiger partial charge >= 0.3 is 0 Å². The molecule has 0 aromatic heterocycles. The second-order valence-electron chi connectivity index (χ2n) is 9.31. The molecule has 1 N–H and O–H groups in total. The molecule has 5 rings (SSSR count). The number of ether oxygens (including phenoxy) is 1. The monoisotopic (exact) mass is 502 g/mol. The van der Waals surface area contributed by atoms with E-state index in [2.05, 4.69) is 21.2 Å². The molecule has 0 atom stereocenters. The Kier molecular flexibility index (Phi) is 7.25. The minimum atomic E-state index is -0.585. The standard InChI is InChI=1S/C29H31FN4O3/c1-37-27-11-5-4-10-26(27)33-18-16-32(17-19-33)25-13-12-21(20-23(25)29(36)34-14-6-7-15-34)31-28(35)22-8-2-3-9-24(22)30/h2-5,8-13,20H,6-7,14-19H2,1H3,(H,31,35). The van der Waals surface area contributed by atoms with E-state index < -0.39 is 11.7 Å². The molecule has 7 nitrogen and oxygen atoms in total. The van der Waals surface area contributed by atoms with Crippen LogP contribution in [0.15, 0.2) is 66.7 Å². The summed E-state index contributed by atoms with van der Waals surface area (Å²) in [5, 5.41) is 2.77. The van der Waals surface area contributed by atoms with E-state index in [0.29, 0.717) is 11.3 Å². The number of hydrogen-bond acceptors (Lipinski definition) is 5. The number of rotatable bonds is 6. The van der Waals surface area contributed by atoms with Gasteiger partial charge in [0.05, 0.1) is 23.9 Å². The highest BCUT2D eigenvalue weighted by molar-refractivity contribution is 6.06. The van der Waals surface area contributed by atoms with Crippen LogP contribution in [0.3, 0.4) is 0 Å². The minimum Gasteiger partial charge on any atom is -0.495 e. The van der Waals surface area contributed by atoms with Crippen LogP contribution in [-0.4, -0.2) is 63.1 Å². The molecule has 192 valence electrons. The van der Waals surface area contributed by atoms with Crippen molar-refractivity contribution in [2.45, 2.75) is 12.8 Å². The summed E-state index contributed by atoms with van der Waals surface area (Å²) >= 11 is 0. The molecule has 0 unspecified atom stereocenters. The summed E-state index contributed by atoms with van der Waals surface area (Å²) in [6.07, 6.45) is 1.98. The van der Waals surface area contributed by atoms with Gasteiger partial charge in [0.2, 0.25) is 0 Å². The van der Waals surface area contributed by atoms with E-state index in [-0.39, 0.29) is 11.5 Å². The Morgan fingerprint density at radius 1 is 0.784 bits per heavy atom. The van der Waals surface area contributed by atoms with Crippen molar-refractivity contribution in [3.8, 4) is 5.75 Å². The van der Waals surface area contributed by atoms with Crippen LogP contribution in [0.1, 0.15) is 33.6 Å². The Morgan fingerprint density at radius 2 is 1.43 bits per heavy atom. The van der Waals surface area contributed by atoms with E-state index in [0.717, 1.165) is 69.2 Å². The predicted molar refractivity (Wildman–Crippen MR) is 143 cm³/mol. The van der Waals surface area contributed by atoms with Gasteiger partial charge in [0.15, 0.2) is 0 Å². The number of halogens is 1. The summed E-state index contributed by atoms with van der Waals surface area (Å²) in [6, 6.07) is 19.2. The van der Waals surface area contributed by atoms with Gasteiger partial charge in [-0.3, -0.25) is 9.59 Å². The molecule has 2 amide bonds. The van der Waals surface area contributed by atoms with Crippen LogP contribution in [-0.2, 0) is 0 Å². The van der Waals surface area contributed by atoms with Crippen LogP contribution in [0, 0.1) is 5.82 Å². The molecule has 2 saturated heterocycles. The van der Waals surface area contributed by atoms with Gasteiger partial charge in [0.1, 0.15) is 11.6 Å². The van der Waals surface area contributed by atoms with Crippen LogP contribution in [0.5, 0.6) is 5.75 Å². The molecule has 2 fully saturated rings. The maximum absolute atomic E-state index is 14.1. The van der Waals surface area contributed by atoms with E-state index in [1.165, 1.54) is 12.1 Å². The quantitative estimate of drug-likeness (QED) is 0.532. The largest absolute Gasteiger partial charge is 0.495 e. The number of nitrogens with one attached hydrogen (secondary N) is 1. The topological polar surface area (TPSA) is 65.1 Å². The number of methoxy groups -OCH3 is 1. The molecule has 2 heterocycles. The van der Waals surface area contributed by atoms with Crippen LogP contribution in [0.25, 0.3) is 0 Å². The van der Waals surface area contributed by atoms with Gasteiger partial charge in [0, 0.05) is 50.6 Å². The smallest absolute Gasteiger partial charge is 0.258 e. The summed E-state index contributed by atoms with van der Waals surface area (Å²) in [5.74, 6) is -0.328. The number of para-hydroxylation sites is 2. The number of amides is 2. The molecule has 2 aliphatic rings. The Balaban J connectivity index is 1.38. The first-order chi connectivity index (χ1) is 18.0. The number of likely N-dealkylation sites (tertiary alicyclic amines) is 1. The SMILES string of the molecule is COc1ccccc1N1CCN(c2ccc(NC(=O)c3ccccc3F)cc2C(=O)N2CCCC2)CC1. The number of carbonyl (C=O) groups excluding carboxylic acids is 2. The van der Waals surface area contributed by atoms with Crippen molar-refractivity contribution in [3.05, 3.63) is 83.7 Å². The lowest BCUT2D eigenvalue weighted by Crippen LogP contribution is -2.47. The van der Waals surface area contributed by atoms with Gasteiger partial charge in [-0.05, 0) is 55.3 Å². The van der Waals surface area contributed by atoms with Crippen LogP contribution in [0.4, 0.5) is 21.5 Å². The van der Waals surface area contributed by atoms with E-state index in [9.17, 15) is 14.0 Å². The fraction of sp³-hybridized carbons (Fsp3) is 0.310. The van der Waals surface area contributed by atoms with E-state index in [1.807, 2.05) is 29.2 Å². The number of nitrogens with zero attached hydrogens (tertiary/aromatic N) is 3. The molecule has 0 spiro atoms. The van der Waals surface area contributed by atoms with Crippen molar-refractivity contribution < 1.29 is 18.7 Å². The Labute approximate surface area is 216 Å². The number of piperazine rings is 1. The molecule has 3 aromatic carbocycles. The van der Waals surface area contributed by atoms with Crippen molar-refractivity contribution in [2.75, 3.05) is 61.5 Å². The van der Waals surface area contributed by atoms with Gasteiger partial charge in [0.25, 0.3) is 11.8 Å². The molecule has 0 radical (unpaired) electrons.